The van der Waals surface area contributed by atoms with Crippen molar-refractivity contribution in [3.05, 3.63) is 0 Å². The summed E-state index contributed by atoms with van der Waals surface area (Å²) < 4.78 is 16.8. The summed E-state index contributed by atoms with van der Waals surface area (Å²) in [6.07, 6.45) is 0.0785. The molecule has 0 aromatic heterocycles. The average Bonchev–Trinajstić information content (AvgIpc) is 2.71. The van der Waals surface area contributed by atoms with Crippen LogP contribution < -0.4 is 0 Å². The number of ether oxygens (including phenoxy) is 3. The lowest BCUT2D eigenvalue weighted by atomic mass is 10.1. The van der Waals surface area contributed by atoms with E-state index in [9.17, 15) is 4.79 Å². The van der Waals surface area contributed by atoms with Gasteiger partial charge in [0.2, 0.25) is 0 Å². The van der Waals surface area contributed by atoms with Crippen molar-refractivity contribution in [2.45, 2.75) is 37.4 Å². The van der Waals surface area contributed by atoms with Gasteiger partial charge in [0.25, 0.3) is 0 Å². The Morgan fingerprint density at radius 3 is 2.80 bits per heavy atom. The maximum Gasteiger partial charge on any atom is 0.186 e. The fourth-order valence-corrected chi connectivity index (χ4v) is 3.04. The summed E-state index contributed by atoms with van der Waals surface area (Å²) in [4.78, 5) is 11.0. The first-order chi connectivity index (χ1) is 7.22. The second-order valence-electron chi connectivity index (χ2n) is 3.74. The highest BCUT2D eigenvalue weighted by Crippen LogP contribution is 2.35. The van der Waals surface area contributed by atoms with Crippen molar-refractivity contribution in [1.82, 2.24) is 0 Å². The van der Waals surface area contributed by atoms with Crippen LogP contribution in [0.3, 0.4) is 0 Å². The minimum atomic E-state index is 0.0156. The number of fused-ring (bicyclic) bond motifs is 1. The maximum absolute atomic E-state index is 11.0. The molecule has 4 nitrogen and oxygen atoms in total. The zero-order valence-electron chi connectivity index (χ0n) is 8.97. The molecule has 4 atom stereocenters. The van der Waals surface area contributed by atoms with Crippen molar-refractivity contribution in [3.8, 4) is 0 Å². The molecule has 0 aromatic rings. The van der Waals surface area contributed by atoms with E-state index in [4.69, 9.17) is 14.2 Å². The number of carbonyl (C=O) groups excluding carboxylic acids is 1. The topological polar surface area (TPSA) is 44.8 Å². The van der Waals surface area contributed by atoms with Crippen LogP contribution >= 0.6 is 11.8 Å². The number of hydrogen-bond donors (Lipinski definition) is 0. The van der Waals surface area contributed by atoms with Crippen LogP contribution in [0, 0.1) is 0 Å². The van der Waals surface area contributed by atoms with E-state index in [1.54, 1.807) is 6.92 Å². The molecule has 86 valence electrons. The van der Waals surface area contributed by atoms with Crippen LogP contribution in [0.15, 0.2) is 0 Å². The zero-order chi connectivity index (χ0) is 10.8. The van der Waals surface area contributed by atoms with Gasteiger partial charge in [-0.3, -0.25) is 4.79 Å². The molecule has 5 heteroatoms. The molecular formula is C10H16O4S. The molecule has 2 heterocycles. The monoisotopic (exact) mass is 232 g/mol. The molecule has 0 aromatic carbocycles. The highest BCUT2D eigenvalue weighted by Gasteiger charge is 2.48. The van der Waals surface area contributed by atoms with E-state index >= 15 is 0 Å². The smallest absolute Gasteiger partial charge is 0.186 e. The van der Waals surface area contributed by atoms with Gasteiger partial charge in [-0.1, -0.05) is 11.8 Å². The molecule has 0 unspecified atom stereocenters. The second kappa shape index (κ2) is 4.82. The largest absolute Gasteiger partial charge is 0.373 e. The molecule has 2 aliphatic rings. The SMILES string of the molecule is CCO[C@@H]1CO[C@H]2[C@@H]1OC[C@@H]2SC(C)=O. The van der Waals surface area contributed by atoms with E-state index in [2.05, 4.69) is 0 Å². The van der Waals surface area contributed by atoms with E-state index in [-0.39, 0.29) is 28.7 Å². The van der Waals surface area contributed by atoms with Crippen molar-refractivity contribution >= 4 is 16.9 Å². The highest BCUT2D eigenvalue weighted by atomic mass is 32.2. The predicted octanol–water partition coefficient (Wildman–Crippen LogP) is 0.837. The summed E-state index contributed by atoms with van der Waals surface area (Å²) in [6.45, 7) is 5.38. The average molecular weight is 232 g/mol. The standard InChI is InChI=1S/C10H16O4S/c1-3-12-7-4-13-10-8(15-6(2)11)5-14-9(7)10/h7-10H,3-5H2,1-2H3/t7-,8+,9-,10-/m1/s1. The Morgan fingerprint density at radius 1 is 1.40 bits per heavy atom. The van der Waals surface area contributed by atoms with E-state index in [0.29, 0.717) is 19.8 Å². The highest BCUT2D eigenvalue weighted by molar-refractivity contribution is 8.14. The molecular weight excluding hydrogens is 216 g/mol. The van der Waals surface area contributed by atoms with Gasteiger partial charge in [0.1, 0.15) is 18.3 Å². The summed E-state index contributed by atoms with van der Waals surface area (Å²) in [6, 6.07) is 0. The summed E-state index contributed by atoms with van der Waals surface area (Å²) >= 11 is 1.31. The molecule has 0 amide bonds. The van der Waals surface area contributed by atoms with Gasteiger partial charge >= 0.3 is 0 Å². The molecule has 2 rings (SSSR count). The van der Waals surface area contributed by atoms with Crippen LogP contribution in [0.4, 0.5) is 0 Å². The van der Waals surface area contributed by atoms with Gasteiger partial charge in [-0.25, -0.2) is 0 Å². The van der Waals surface area contributed by atoms with E-state index in [1.807, 2.05) is 6.92 Å². The van der Waals surface area contributed by atoms with Crippen molar-refractivity contribution in [3.63, 3.8) is 0 Å². The Bertz CT molecular complexity index is 246. The molecule has 0 aliphatic carbocycles. The lowest BCUT2D eigenvalue weighted by Gasteiger charge is -2.15. The van der Waals surface area contributed by atoms with Crippen molar-refractivity contribution in [1.29, 1.82) is 0 Å². The first-order valence-corrected chi connectivity index (χ1v) is 6.12. The summed E-state index contributed by atoms with van der Waals surface area (Å²) in [5, 5.41) is 0.255. The Balaban J connectivity index is 1.93. The van der Waals surface area contributed by atoms with E-state index in [0.717, 1.165) is 0 Å². The van der Waals surface area contributed by atoms with Crippen LogP contribution in [-0.2, 0) is 19.0 Å². The van der Waals surface area contributed by atoms with Crippen LogP contribution in [0.1, 0.15) is 13.8 Å². The Morgan fingerprint density at radius 2 is 2.13 bits per heavy atom. The Kier molecular flexibility index (Phi) is 3.66. The number of carbonyl (C=O) groups is 1. The number of rotatable bonds is 3. The molecule has 0 N–H and O–H groups in total. The summed E-state index contributed by atoms with van der Waals surface area (Å²) in [5.74, 6) is 0. The zero-order valence-corrected chi connectivity index (χ0v) is 9.79. The third-order valence-electron chi connectivity index (χ3n) is 2.66. The first-order valence-electron chi connectivity index (χ1n) is 5.24. The van der Waals surface area contributed by atoms with Gasteiger partial charge in [0.15, 0.2) is 5.12 Å². The van der Waals surface area contributed by atoms with Crippen LogP contribution in [0.2, 0.25) is 0 Å². The molecule has 0 radical (unpaired) electrons. The van der Waals surface area contributed by atoms with Gasteiger partial charge in [0.05, 0.1) is 18.5 Å². The minimum Gasteiger partial charge on any atom is -0.373 e. The maximum atomic E-state index is 11.0. The van der Waals surface area contributed by atoms with Crippen LogP contribution in [-0.4, -0.2) is 48.5 Å². The van der Waals surface area contributed by atoms with Gasteiger partial charge in [0, 0.05) is 13.5 Å². The fourth-order valence-electron chi connectivity index (χ4n) is 2.10. The normalized spacial score (nSPS) is 39.3. The van der Waals surface area contributed by atoms with Gasteiger partial charge in [-0.15, -0.1) is 0 Å². The van der Waals surface area contributed by atoms with E-state index in [1.165, 1.54) is 11.8 Å². The van der Waals surface area contributed by atoms with Crippen molar-refractivity contribution in [2.24, 2.45) is 0 Å². The summed E-state index contributed by atoms with van der Waals surface area (Å²) in [7, 11) is 0. The lowest BCUT2D eigenvalue weighted by Crippen LogP contribution is -2.32. The Labute approximate surface area is 93.6 Å². The number of hydrogen-bond acceptors (Lipinski definition) is 5. The van der Waals surface area contributed by atoms with Crippen LogP contribution in [0.25, 0.3) is 0 Å². The molecule has 2 saturated heterocycles. The molecule has 0 saturated carbocycles. The minimum absolute atomic E-state index is 0.0156. The lowest BCUT2D eigenvalue weighted by molar-refractivity contribution is -0.109. The molecule has 2 fully saturated rings. The predicted molar refractivity (Wildman–Crippen MR) is 57.0 cm³/mol. The first kappa shape index (κ1) is 11.4. The van der Waals surface area contributed by atoms with Gasteiger partial charge in [-0.05, 0) is 6.92 Å². The second-order valence-corrected chi connectivity index (χ2v) is 5.15. The van der Waals surface area contributed by atoms with Crippen molar-refractivity contribution < 1.29 is 19.0 Å². The molecule has 2 aliphatic heterocycles. The fraction of sp³-hybridized carbons (Fsp3) is 0.900. The van der Waals surface area contributed by atoms with Gasteiger partial charge in [-0.2, -0.15) is 0 Å². The summed E-state index contributed by atoms with van der Waals surface area (Å²) in [5.41, 5.74) is 0. The third-order valence-corrected chi connectivity index (χ3v) is 3.70. The molecule has 0 bridgehead atoms. The van der Waals surface area contributed by atoms with Gasteiger partial charge < -0.3 is 14.2 Å². The molecule has 15 heavy (non-hydrogen) atoms. The van der Waals surface area contributed by atoms with Crippen molar-refractivity contribution in [2.75, 3.05) is 19.8 Å². The van der Waals surface area contributed by atoms with E-state index < -0.39 is 0 Å². The third kappa shape index (κ3) is 2.36. The molecule has 0 spiro atoms. The Hall–Kier alpha value is -0.100. The van der Waals surface area contributed by atoms with Crippen LogP contribution in [0.5, 0.6) is 0 Å². The quantitative estimate of drug-likeness (QED) is 0.721. The number of thioether (sulfide) groups is 1.